The number of benzene rings is 2. The third kappa shape index (κ3) is 3.50. The van der Waals surface area contributed by atoms with Gasteiger partial charge in [-0.05, 0) is 35.7 Å². The Morgan fingerprint density at radius 2 is 1.96 bits per heavy atom. The van der Waals surface area contributed by atoms with Crippen LogP contribution in [0.2, 0.25) is 0 Å². The number of anilines is 1. The molecule has 0 radical (unpaired) electrons. The third-order valence-corrected chi connectivity index (χ3v) is 3.87. The molecule has 1 aromatic heterocycles. The first-order valence-corrected chi connectivity index (χ1v) is 7.76. The van der Waals surface area contributed by atoms with Crippen LogP contribution >= 0.6 is 0 Å². The highest BCUT2D eigenvalue weighted by atomic mass is 16.5. The summed E-state index contributed by atoms with van der Waals surface area (Å²) in [7, 11) is 1.70. The van der Waals surface area contributed by atoms with Gasteiger partial charge in [0.25, 0.3) is 0 Å². The number of ether oxygens (including phenoxy) is 1. The van der Waals surface area contributed by atoms with Crippen LogP contribution in [0.3, 0.4) is 0 Å². The summed E-state index contributed by atoms with van der Waals surface area (Å²) in [5.41, 5.74) is 3.88. The van der Waals surface area contributed by atoms with E-state index < -0.39 is 0 Å². The summed E-state index contributed by atoms with van der Waals surface area (Å²) in [5, 5.41) is 13.3. The number of methoxy groups -OCH3 is 1. The monoisotopic (exact) mass is 318 g/mol. The Morgan fingerprint density at radius 3 is 2.75 bits per heavy atom. The lowest BCUT2D eigenvalue weighted by Crippen LogP contribution is -2.09. The van der Waals surface area contributed by atoms with Crippen molar-refractivity contribution in [1.29, 1.82) is 5.26 Å². The van der Waals surface area contributed by atoms with Gasteiger partial charge in [0.05, 0.1) is 23.8 Å². The molecule has 0 saturated heterocycles. The van der Waals surface area contributed by atoms with E-state index in [1.807, 2.05) is 24.3 Å². The molecule has 0 bridgehead atoms. The predicted octanol–water partition coefficient (Wildman–Crippen LogP) is 3.30. The summed E-state index contributed by atoms with van der Waals surface area (Å²) in [6.07, 6.45) is 2.40. The van der Waals surface area contributed by atoms with Crippen molar-refractivity contribution in [2.75, 3.05) is 19.0 Å². The second-order valence-corrected chi connectivity index (χ2v) is 5.44. The molecule has 0 saturated carbocycles. The molecule has 24 heavy (non-hydrogen) atoms. The first-order chi connectivity index (χ1) is 11.8. The van der Waals surface area contributed by atoms with Crippen LogP contribution in [0.4, 0.5) is 5.82 Å². The molecule has 0 amide bonds. The molecule has 1 heterocycles. The highest BCUT2D eigenvalue weighted by Crippen LogP contribution is 2.20. The van der Waals surface area contributed by atoms with Crippen molar-refractivity contribution in [2.45, 2.75) is 13.0 Å². The number of hydrogen-bond acceptors (Lipinski definition) is 5. The molecular formula is C19H18N4O. The molecule has 5 nitrogen and oxygen atoms in total. The van der Waals surface area contributed by atoms with Crippen molar-refractivity contribution in [3.8, 4) is 6.07 Å². The zero-order valence-electron chi connectivity index (χ0n) is 13.5. The molecule has 0 aliphatic rings. The minimum Gasteiger partial charge on any atom is -0.380 e. The molecule has 2 aromatic carbocycles. The Bertz CT molecular complexity index is 886. The number of nitrogens with zero attached hydrogens (tertiary/aromatic N) is 3. The molecule has 0 aliphatic carbocycles. The fourth-order valence-electron chi connectivity index (χ4n) is 2.68. The summed E-state index contributed by atoms with van der Waals surface area (Å²) in [4.78, 5) is 8.56. The number of nitriles is 1. The Labute approximate surface area is 140 Å². The minimum atomic E-state index is 0.603. The van der Waals surface area contributed by atoms with Gasteiger partial charge in [0.15, 0.2) is 0 Å². The van der Waals surface area contributed by atoms with Crippen LogP contribution in [0.5, 0.6) is 0 Å². The molecule has 0 spiro atoms. The third-order valence-electron chi connectivity index (χ3n) is 3.87. The molecular weight excluding hydrogens is 300 g/mol. The maximum atomic E-state index is 9.07. The molecule has 0 atom stereocenters. The highest BCUT2D eigenvalue weighted by Gasteiger charge is 2.06. The highest BCUT2D eigenvalue weighted by molar-refractivity contribution is 5.89. The van der Waals surface area contributed by atoms with Crippen molar-refractivity contribution in [3.05, 3.63) is 65.5 Å². The topological polar surface area (TPSA) is 70.8 Å². The molecule has 5 heteroatoms. The lowest BCUT2D eigenvalue weighted by molar-refractivity contribution is 0.184. The van der Waals surface area contributed by atoms with Gasteiger partial charge in [0, 0.05) is 19.0 Å². The van der Waals surface area contributed by atoms with Gasteiger partial charge in [-0.1, -0.05) is 24.3 Å². The lowest BCUT2D eigenvalue weighted by Gasteiger charge is -2.11. The number of hydrogen-bond donors (Lipinski definition) is 1. The first kappa shape index (κ1) is 15.9. The van der Waals surface area contributed by atoms with Crippen molar-refractivity contribution < 1.29 is 4.74 Å². The van der Waals surface area contributed by atoms with Gasteiger partial charge in [-0.3, -0.25) is 0 Å². The number of nitrogens with one attached hydrogen (secondary N) is 1. The van der Waals surface area contributed by atoms with Crippen molar-refractivity contribution in [3.63, 3.8) is 0 Å². The summed E-state index contributed by atoms with van der Waals surface area (Å²) in [6, 6.07) is 15.8. The SMILES string of the molecule is COCc1ccccc1CCNc1ncnc2ccc(C#N)cc12. The maximum absolute atomic E-state index is 9.07. The number of aromatic nitrogens is 2. The smallest absolute Gasteiger partial charge is 0.137 e. The minimum absolute atomic E-state index is 0.603. The number of fused-ring (bicyclic) bond motifs is 1. The van der Waals surface area contributed by atoms with Crippen molar-refractivity contribution in [2.24, 2.45) is 0 Å². The van der Waals surface area contributed by atoms with Gasteiger partial charge in [-0.15, -0.1) is 0 Å². The largest absolute Gasteiger partial charge is 0.380 e. The summed E-state index contributed by atoms with van der Waals surface area (Å²) < 4.78 is 5.24. The van der Waals surface area contributed by atoms with E-state index in [1.165, 1.54) is 17.5 Å². The molecule has 120 valence electrons. The van der Waals surface area contributed by atoms with E-state index in [4.69, 9.17) is 10.00 Å². The van der Waals surface area contributed by atoms with E-state index >= 15 is 0 Å². The van der Waals surface area contributed by atoms with Crippen molar-refractivity contribution in [1.82, 2.24) is 9.97 Å². The fraction of sp³-hybridized carbons (Fsp3) is 0.211. The van der Waals surface area contributed by atoms with Gasteiger partial charge in [-0.25, -0.2) is 9.97 Å². The maximum Gasteiger partial charge on any atom is 0.137 e. The standard InChI is InChI=1S/C19H18N4O/c1-24-12-16-5-3-2-4-15(16)8-9-21-19-17-10-14(11-20)6-7-18(17)22-13-23-19/h2-7,10,13H,8-9,12H2,1H3,(H,21,22,23). The number of rotatable bonds is 6. The van der Waals surface area contributed by atoms with E-state index in [9.17, 15) is 0 Å². The molecule has 0 aliphatic heterocycles. The van der Waals surface area contributed by atoms with E-state index in [0.29, 0.717) is 12.2 Å². The Kier molecular flexibility index (Phi) is 4.99. The summed E-state index contributed by atoms with van der Waals surface area (Å²) in [5.74, 6) is 0.751. The average Bonchev–Trinajstić information content (AvgIpc) is 2.63. The Hall–Kier alpha value is -2.97. The quantitative estimate of drug-likeness (QED) is 0.755. The molecule has 0 fully saturated rings. The fourth-order valence-corrected chi connectivity index (χ4v) is 2.68. The van der Waals surface area contributed by atoms with Crippen LogP contribution < -0.4 is 5.32 Å². The lowest BCUT2D eigenvalue weighted by atomic mass is 10.1. The van der Waals surface area contributed by atoms with E-state index in [2.05, 4.69) is 33.5 Å². The molecule has 0 unspecified atom stereocenters. The summed E-state index contributed by atoms with van der Waals surface area (Å²) in [6.45, 7) is 1.35. The van der Waals surface area contributed by atoms with Crippen molar-refractivity contribution >= 4 is 16.7 Å². The van der Waals surface area contributed by atoms with Gasteiger partial charge >= 0.3 is 0 Å². The second kappa shape index (κ2) is 7.53. The van der Waals surface area contributed by atoms with Gasteiger partial charge in [-0.2, -0.15) is 5.26 Å². The van der Waals surface area contributed by atoms with Gasteiger partial charge in [0.1, 0.15) is 12.1 Å². The molecule has 3 rings (SSSR count). The Morgan fingerprint density at radius 1 is 1.12 bits per heavy atom. The van der Waals surface area contributed by atoms with Gasteiger partial charge < -0.3 is 10.1 Å². The van der Waals surface area contributed by atoms with Crippen LogP contribution in [0.1, 0.15) is 16.7 Å². The Balaban J connectivity index is 1.76. The second-order valence-electron chi connectivity index (χ2n) is 5.44. The average molecular weight is 318 g/mol. The van der Waals surface area contributed by atoms with Crippen LogP contribution in [-0.2, 0) is 17.8 Å². The van der Waals surface area contributed by atoms with E-state index in [-0.39, 0.29) is 0 Å². The van der Waals surface area contributed by atoms with E-state index in [1.54, 1.807) is 13.2 Å². The van der Waals surface area contributed by atoms with Crippen LogP contribution in [0.15, 0.2) is 48.8 Å². The zero-order valence-corrected chi connectivity index (χ0v) is 13.5. The molecule has 3 aromatic rings. The van der Waals surface area contributed by atoms with E-state index in [0.717, 1.165) is 29.7 Å². The summed E-state index contributed by atoms with van der Waals surface area (Å²) >= 11 is 0. The molecule has 1 N–H and O–H groups in total. The van der Waals surface area contributed by atoms with Crippen LogP contribution in [-0.4, -0.2) is 23.6 Å². The first-order valence-electron chi connectivity index (χ1n) is 7.76. The van der Waals surface area contributed by atoms with Gasteiger partial charge in [0.2, 0.25) is 0 Å². The predicted molar refractivity (Wildman–Crippen MR) is 93.6 cm³/mol. The zero-order chi connectivity index (χ0) is 16.8. The van der Waals surface area contributed by atoms with Crippen LogP contribution in [0.25, 0.3) is 10.9 Å². The normalized spacial score (nSPS) is 10.5. The van der Waals surface area contributed by atoms with Crippen LogP contribution in [0, 0.1) is 11.3 Å².